The molecule has 17 heavy (non-hydrogen) atoms. The van der Waals surface area contributed by atoms with Gasteiger partial charge >= 0.3 is 11.9 Å². The highest BCUT2D eigenvalue weighted by molar-refractivity contribution is 5.87. The van der Waals surface area contributed by atoms with Crippen LogP contribution in [0.5, 0.6) is 0 Å². The second kappa shape index (κ2) is 16.8. The van der Waals surface area contributed by atoms with Crippen molar-refractivity contribution in [2.75, 3.05) is 14.2 Å². The second-order valence-electron chi connectivity index (χ2n) is 2.54. The summed E-state index contributed by atoms with van der Waals surface area (Å²) in [5.41, 5.74) is 0.866. The molecule has 0 radical (unpaired) electrons. The number of hydrogen-bond donors (Lipinski definition) is 1. The molecule has 0 amide bonds. The molecular formula is C12H25NO4. The molecule has 0 aliphatic carbocycles. The SMILES string of the molecule is C=C(C)C(=O)OC.C=C(C)C(=O)OC.CC.N. The van der Waals surface area contributed by atoms with E-state index < -0.39 is 0 Å². The third-order valence-electron chi connectivity index (χ3n) is 1.07. The molecule has 0 atom stereocenters. The highest BCUT2D eigenvalue weighted by atomic mass is 16.5. The Morgan fingerprint density at radius 3 is 1.00 bits per heavy atom. The van der Waals surface area contributed by atoms with Gasteiger partial charge in [0.2, 0.25) is 0 Å². The Morgan fingerprint density at radius 1 is 0.824 bits per heavy atom. The van der Waals surface area contributed by atoms with E-state index in [1.165, 1.54) is 14.2 Å². The normalized spacial score (nSPS) is 6.71. The first kappa shape index (κ1) is 24.6. The Hall–Kier alpha value is -1.62. The molecule has 0 saturated heterocycles. The van der Waals surface area contributed by atoms with Crippen LogP contribution in [0.4, 0.5) is 0 Å². The van der Waals surface area contributed by atoms with Crippen LogP contribution in [0.25, 0.3) is 0 Å². The maximum absolute atomic E-state index is 10.2. The molecule has 0 rings (SSSR count). The number of carbonyl (C=O) groups excluding carboxylic acids is 2. The predicted octanol–water partition coefficient (Wildman–Crippen LogP) is 2.66. The predicted molar refractivity (Wildman–Crippen MR) is 70.0 cm³/mol. The zero-order valence-electron chi connectivity index (χ0n) is 11.8. The van der Waals surface area contributed by atoms with E-state index in [1.54, 1.807) is 13.8 Å². The molecule has 0 unspecified atom stereocenters. The molecular weight excluding hydrogens is 222 g/mol. The Bertz CT molecular complexity index is 221. The molecule has 0 spiro atoms. The van der Waals surface area contributed by atoms with E-state index in [1.807, 2.05) is 13.8 Å². The number of methoxy groups -OCH3 is 2. The summed E-state index contributed by atoms with van der Waals surface area (Å²) in [7, 11) is 2.66. The van der Waals surface area contributed by atoms with Crippen LogP contribution < -0.4 is 6.15 Å². The van der Waals surface area contributed by atoms with Gasteiger partial charge in [0.05, 0.1) is 14.2 Å². The van der Waals surface area contributed by atoms with Crippen LogP contribution in [0, 0.1) is 0 Å². The van der Waals surface area contributed by atoms with Crippen molar-refractivity contribution in [3.63, 3.8) is 0 Å². The number of carbonyl (C=O) groups is 2. The lowest BCUT2D eigenvalue weighted by molar-refractivity contribution is -0.136. The van der Waals surface area contributed by atoms with Gasteiger partial charge in [0.1, 0.15) is 0 Å². The van der Waals surface area contributed by atoms with E-state index in [0.717, 1.165) is 0 Å². The first-order chi connectivity index (χ1) is 7.36. The Morgan fingerprint density at radius 2 is 1.00 bits per heavy atom. The lowest BCUT2D eigenvalue weighted by Gasteiger charge is -1.91. The molecule has 0 aromatic heterocycles. The van der Waals surface area contributed by atoms with Crippen molar-refractivity contribution >= 4 is 11.9 Å². The molecule has 0 aromatic carbocycles. The number of esters is 2. The molecule has 0 aliphatic rings. The smallest absolute Gasteiger partial charge is 0.332 e. The van der Waals surface area contributed by atoms with Crippen molar-refractivity contribution in [3.8, 4) is 0 Å². The zero-order chi connectivity index (χ0) is 13.7. The molecule has 5 nitrogen and oxygen atoms in total. The molecule has 0 aromatic rings. The van der Waals surface area contributed by atoms with E-state index in [-0.39, 0.29) is 18.1 Å². The number of hydrogen-bond acceptors (Lipinski definition) is 5. The molecule has 5 heteroatoms. The zero-order valence-corrected chi connectivity index (χ0v) is 11.8. The lowest BCUT2D eigenvalue weighted by atomic mass is 10.4. The van der Waals surface area contributed by atoms with Gasteiger partial charge in [-0.25, -0.2) is 9.59 Å². The third kappa shape index (κ3) is 20.5. The molecule has 0 saturated carbocycles. The van der Waals surface area contributed by atoms with Crippen LogP contribution in [0.2, 0.25) is 0 Å². The summed E-state index contributed by atoms with van der Waals surface area (Å²) in [6.07, 6.45) is 0. The van der Waals surface area contributed by atoms with Gasteiger partial charge in [-0.3, -0.25) is 0 Å². The number of rotatable bonds is 2. The van der Waals surface area contributed by atoms with Crippen LogP contribution >= 0.6 is 0 Å². The summed E-state index contributed by atoms with van der Waals surface area (Å²) < 4.78 is 8.55. The first-order valence-electron chi connectivity index (χ1n) is 4.84. The minimum absolute atomic E-state index is 0. The fourth-order valence-electron chi connectivity index (χ4n) is 0.348. The maximum atomic E-state index is 10.2. The van der Waals surface area contributed by atoms with Crippen molar-refractivity contribution in [1.82, 2.24) is 6.15 Å². The second-order valence-corrected chi connectivity index (χ2v) is 2.54. The van der Waals surface area contributed by atoms with Crippen molar-refractivity contribution < 1.29 is 19.1 Å². The third-order valence-corrected chi connectivity index (χ3v) is 1.07. The summed E-state index contributed by atoms with van der Waals surface area (Å²) in [5.74, 6) is -0.694. The topological polar surface area (TPSA) is 87.6 Å². The molecule has 0 aliphatic heterocycles. The summed E-state index contributed by atoms with van der Waals surface area (Å²) >= 11 is 0. The van der Waals surface area contributed by atoms with Crippen molar-refractivity contribution in [2.45, 2.75) is 27.7 Å². The summed E-state index contributed by atoms with van der Waals surface area (Å²) in [5, 5.41) is 0. The van der Waals surface area contributed by atoms with E-state index in [4.69, 9.17) is 0 Å². The van der Waals surface area contributed by atoms with Gasteiger partial charge in [0, 0.05) is 11.1 Å². The van der Waals surface area contributed by atoms with Crippen molar-refractivity contribution in [1.29, 1.82) is 0 Å². The highest BCUT2D eigenvalue weighted by Crippen LogP contribution is 1.87. The van der Waals surface area contributed by atoms with Crippen LogP contribution in [-0.4, -0.2) is 26.2 Å². The van der Waals surface area contributed by atoms with Gasteiger partial charge in [0.25, 0.3) is 0 Å². The van der Waals surface area contributed by atoms with Crippen molar-refractivity contribution in [3.05, 3.63) is 24.3 Å². The molecule has 0 heterocycles. The fraction of sp³-hybridized carbons (Fsp3) is 0.500. The summed E-state index contributed by atoms with van der Waals surface area (Å²) in [4.78, 5) is 20.4. The monoisotopic (exact) mass is 247 g/mol. The van der Waals surface area contributed by atoms with Gasteiger partial charge in [-0.2, -0.15) is 0 Å². The van der Waals surface area contributed by atoms with Crippen LogP contribution in [0.1, 0.15) is 27.7 Å². The fourth-order valence-corrected chi connectivity index (χ4v) is 0.348. The molecule has 0 bridgehead atoms. The summed E-state index contributed by atoms with van der Waals surface area (Å²) in [6.45, 7) is 13.9. The first-order valence-corrected chi connectivity index (χ1v) is 4.84. The Labute approximate surface area is 104 Å². The summed E-state index contributed by atoms with van der Waals surface area (Å²) in [6, 6.07) is 0. The van der Waals surface area contributed by atoms with E-state index in [9.17, 15) is 9.59 Å². The van der Waals surface area contributed by atoms with Gasteiger partial charge in [-0.1, -0.05) is 27.0 Å². The highest BCUT2D eigenvalue weighted by Gasteiger charge is 1.96. The molecule has 102 valence electrons. The van der Waals surface area contributed by atoms with Gasteiger partial charge in [-0.15, -0.1) is 0 Å². The maximum Gasteiger partial charge on any atom is 0.332 e. The van der Waals surface area contributed by atoms with E-state index in [2.05, 4.69) is 22.6 Å². The van der Waals surface area contributed by atoms with Gasteiger partial charge in [0.15, 0.2) is 0 Å². The average Bonchev–Trinajstić information content (AvgIpc) is 2.29. The lowest BCUT2D eigenvalue weighted by Crippen LogP contribution is -1.98. The Balaban J connectivity index is -0.0000000823. The van der Waals surface area contributed by atoms with E-state index in [0.29, 0.717) is 11.1 Å². The Kier molecular flexibility index (Phi) is 24.3. The molecule has 0 fully saturated rings. The van der Waals surface area contributed by atoms with Crippen LogP contribution in [0.15, 0.2) is 24.3 Å². The quantitative estimate of drug-likeness (QED) is 0.598. The van der Waals surface area contributed by atoms with Crippen LogP contribution in [0.3, 0.4) is 0 Å². The standard InChI is InChI=1S/2C5H8O2.C2H6.H3N/c2*1-4(2)5(6)7-3;1-2;/h2*1H2,2-3H3;1-2H3;1H3. The van der Waals surface area contributed by atoms with Gasteiger partial charge in [-0.05, 0) is 13.8 Å². The largest absolute Gasteiger partial charge is 0.466 e. The van der Waals surface area contributed by atoms with Gasteiger partial charge < -0.3 is 15.6 Å². The molecule has 3 N–H and O–H groups in total. The van der Waals surface area contributed by atoms with Crippen molar-refractivity contribution in [2.24, 2.45) is 0 Å². The van der Waals surface area contributed by atoms with Crippen LogP contribution in [-0.2, 0) is 19.1 Å². The number of ether oxygens (including phenoxy) is 2. The minimum atomic E-state index is -0.347. The van der Waals surface area contributed by atoms with E-state index >= 15 is 0 Å². The minimum Gasteiger partial charge on any atom is -0.466 e. The average molecular weight is 247 g/mol.